The van der Waals surface area contributed by atoms with Crippen molar-refractivity contribution in [3.63, 3.8) is 0 Å². The Morgan fingerprint density at radius 3 is 3.00 bits per heavy atom. The number of benzene rings is 1. The van der Waals surface area contributed by atoms with Crippen LogP contribution in [0.5, 0.6) is 0 Å². The average Bonchev–Trinajstić information content (AvgIpc) is 2.53. The summed E-state index contributed by atoms with van der Waals surface area (Å²) in [7, 11) is 2.15. The fourth-order valence-electron chi connectivity index (χ4n) is 2.64. The molecule has 0 amide bonds. The fourth-order valence-corrected chi connectivity index (χ4v) is 3.60. The molecule has 3 nitrogen and oxygen atoms in total. The summed E-state index contributed by atoms with van der Waals surface area (Å²) in [5.41, 5.74) is 3.48. The molecule has 22 heavy (non-hydrogen) atoms. The largest absolute Gasteiger partial charge is 0.333 e. The summed E-state index contributed by atoms with van der Waals surface area (Å²) in [6.07, 6.45) is 0.931. The molecule has 2 aromatic rings. The van der Waals surface area contributed by atoms with Crippen LogP contribution in [0.4, 0.5) is 4.39 Å². The summed E-state index contributed by atoms with van der Waals surface area (Å²) in [4.78, 5) is 6.10. The molecule has 2 heterocycles. The van der Waals surface area contributed by atoms with Crippen LogP contribution in [0.1, 0.15) is 22.4 Å². The molecule has 1 aliphatic heterocycles. The topological polar surface area (TPSA) is 41.1 Å². The van der Waals surface area contributed by atoms with Gasteiger partial charge in [0.15, 0.2) is 0 Å². The first-order valence-electron chi connectivity index (χ1n) is 7.28. The minimum Gasteiger partial charge on any atom is -0.333 e. The Morgan fingerprint density at radius 2 is 2.23 bits per heavy atom. The van der Waals surface area contributed by atoms with Crippen LogP contribution in [-0.4, -0.2) is 18.6 Å². The Bertz CT molecular complexity index is 739. The van der Waals surface area contributed by atoms with Crippen molar-refractivity contribution in [1.29, 1.82) is 5.26 Å². The van der Waals surface area contributed by atoms with Gasteiger partial charge in [0.1, 0.15) is 23.5 Å². The molecule has 1 N–H and O–H groups in total. The van der Waals surface area contributed by atoms with E-state index in [4.69, 9.17) is 0 Å². The molecule has 0 aliphatic carbocycles. The standard InChI is InChI=1S/C17H16FN3S/c1-21-7-6-16-14(10-21)8-13(9-19)17(20-16)22-11-12-4-2-3-5-15(12)18/h2-5,8H,6-7,10-11H2,1H3/p+1. The van der Waals surface area contributed by atoms with Crippen LogP contribution in [0.2, 0.25) is 0 Å². The van der Waals surface area contributed by atoms with Gasteiger partial charge in [-0.05, 0) is 17.7 Å². The van der Waals surface area contributed by atoms with E-state index in [0.717, 1.165) is 30.8 Å². The first-order chi connectivity index (χ1) is 10.7. The van der Waals surface area contributed by atoms with E-state index in [1.807, 2.05) is 12.1 Å². The van der Waals surface area contributed by atoms with Gasteiger partial charge in [-0.3, -0.25) is 0 Å². The number of likely N-dealkylation sites (N-methyl/N-ethyl adjacent to an activating group) is 1. The summed E-state index contributed by atoms with van der Waals surface area (Å²) in [6, 6.07) is 10.9. The van der Waals surface area contributed by atoms with Crippen LogP contribution < -0.4 is 4.90 Å². The molecule has 1 unspecified atom stereocenters. The minimum absolute atomic E-state index is 0.211. The van der Waals surface area contributed by atoms with E-state index in [0.29, 0.717) is 21.9 Å². The summed E-state index contributed by atoms with van der Waals surface area (Å²) in [5.74, 6) is 0.273. The highest BCUT2D eigenvalue weighted by molar-refractivity contribution is 7.98. The predicted molar refractivity (Wildman–Crippen MR) is 84.1 cm³/mol. The van der Waals surface area contributed by atoms with Crippen LogP contribution in [-0.2, 0) is 18.7 Å². The molecule has 0 saturated heterocycles. The third-order valence-corrected chi connectivity index (χ3v) is 4.92. The Labute approximate surface area is 133 Å². The van der Waals surface area contributed by atoms with Crippen molar-refractivity contribution in [2.75, 3.05) is 13.6 Å². The lowest BCUT2D eigenvalue weighted by atomic mass is 10.0. The quantitative estimate of drug-likeness (QED) is 0.881. The Balaban J connectivity index is 1.85. The maximum atomic E-state index is 13.7. The Kier molecular flexibility index (Phi) is 4.41. The number of hydrogen-bond donors (Lipinski definition) is 1. The van der Waals surface area contributed by atoms with Gasteiger partial charge in [0, 0.05) is 17.7 Å². The molecule has 0 fully saturated rings. The number of hydrogen-bond acceptors (Lipinski definition) is 3. The van der Waals surface area contributed by atoms with Crippen LogP contribution in [0, 0.1) is 17.1 Å². The summed E-state index contributed by atoms with van der Waals surface area (Å²) < 4.78 is 13.7. The second-order valence-electron chi connectivity index (χ2n) is 5.57. The highest BCUT2D eigenvalue weighted by Crippen LogP contribution is 2.27. The van der Waals surface area contributed by atoms with Gasteiger partial charge in [-0.25, -0.2) is 9.37 Å². The first-order valence-corrected chi connectivity index (χ1v) is 8.26. The average molecular weight is 314 g/mol. The van der Waals surface area contributed by atoms with Gasteiger partial charge in [0.05, 0.1) is 24.8 Å². The maximum absolute atomic E-state index is 13.7. The van der Waals surface area contributed by atoms with Crippen molar-refractivity contribution in [3.8, 4) is 6.07 Å². The molecule has 112 valence electrons. The van der Waals surface area contributed by atoms with Crippen molar-refractivity contribution >= 4 is 11.8 Å². The predicted octanol–water partition coefficient (Wildman–Crippen LogP) is 1.96. The van der Waals surface area contributed by atoms with Crippen LogP contribution in [0.3, 0.4) is 0 Å². The van der Waals surface area contributed by atoms with Crippen molar-refractivity contribution < 1.29 is 9.29 Å². The summed E-state index contributed by atoms with van der Waals surface area (Å²) in [6.45, 7) is 1.97. The number of rotatable bonds is 3. The monoisotopic (exact) mass is 314 g/mol. The van der Waals surface area contributed by atoms with Gasteiger partial charge in [-0.15, -0.1) is 11.8 Å². The smallest absolute Gasteiger partial charge is 0.127 e. The number of quaternary nitrogens is 1. The maximum Gasteiger partial charge on any atom is 0.127 e. The van der Waals surface area contributed by atoms with Crippen molar-refractivity contribution in [2.24, 2.45) is 0 Å². The third-order valence-electron chi connectivity index (χ3n) is 3.88. The number of thioether (sulfide) groups is 1. The van der Waals surface area contributed by atoms with Gasteiger partial charge >= 0.3 is 0 Å². The van der Waals surface area contributed by atoms with Gasteiger partial charge in [-0.1, -0.05) is 18.2 Å². The number of fused-ring (bicyclic) bond motifs is 1. The summed E-state index contributed by atoms with van der Waals surface area (Å²) >= 11 is 1.43. The number of nitrogens with zero attached hydrogens (tertiary/aromatic N) is 2. The van der Waals surface area contributed by atoms with Crippen LogP contribution in [0.25, 0.3) is 0 Å². The molecule has 1 aliphatic rings. The molecular formula is C17H17FN3S+. The van der Waals surface area contributed by atoms with E-state index < -0.39 is 0 Å². The Morgan fingerprint density at radius 1 is 1.41 bits per heavy atom. The number of nitriles is 1. The molecule has 0 saturated carbocycles. The molecule has 1 aromatic heterocycles. The number of aromatic nitrogens is 1. The molecular weight excluding hydrogens is 297 g/mol. The van der Waals surface area contributed by atoms with E-state index in [1.165, 1.54) is 22.7 Å². The third kappa shape index (κ3) is 3.13. The van der Waals surface area contributed by atoms with Crippen molar-refractivity contribution in [2.45, 2.75) is 23.7 Å². The minimum atomic E-state index is -0.211. The van der Waals surface area contributed by atoms with E-state index in [-0.39, 0.29) is 5.82 Å². The molecule has 0 radical (unpaired) electrons. The lowest BCUT2D eigenvalue weighted by Crippen LogP contribution is -3.08. The number of halogens is 1. The second-order valence-corrected chi connectivity index (χ2v) is 6.54. The lowest BCUT2D eigenvalue weighted by molar-refractivity contribution is -0.895. The highest BCUT2D eigenvalue weighted by Gasteiger charge is 2.20. The zero-order chi connectivity index (χ0) is 15.5. The van der Waals surface area contributed by atoms with Crippen molar-refractivity contribution in [3.05, 3.63) is 58.5 Å². The summed E-state index contributed by atoms with van der Waals surface area (Å²) in [5, 5.41) is 10.1. The van der Waals surface area contributed by atoms with E-state index in [9.17, 15) is 9.65 Å². The molecule has 5 heteroatoms. The second kappa shape index (κ2) is 6.47. The lowest BCUT2D eigenvalue weighted by Gasteiger charge is -2.22. The molecule has 0 spiro atoms. The van der Waals surface area contributed by atoms with Gasteiger partial charge in [0.25, 0.3) is 0 Å². The van der Waals surface area contributed by atoms with Crippen molar-refractivity contribution in [1.82, 2.24) is 4.98 Å². The fraction of sp³-hybridized carbons (Fsp3) is 0.294. The zero-order valence-corrected chi connectivity index (χ0v) is 13.2. The number of pyridine rings is 1. The zero-order valence-electron chi connectivity index (χ0n) is 12.4. The van der Waals surface area contributed by atoms with E-state index in [1.54, 1.807) is 12.1 Å². The van der Waals surface area contributed by atoms with Crippen LogP contribution in [0.15, 0.2) is 35.4 Å². The Hall–Kier alpha value is -1.90. The van der Waals surface area contributed by atoms with Crippen LogP contribution >= 0.6 is 11.8 Å². The van der Waals surface area contributed by atoms with E-state index >= 15 is 0 Å². The molecule has 0 bridgehead atoms. The van der Waals surface area contributed by atoms with Gasteiger partial charge in [-0.2, -0.15) is 5.26 Å². The molecule has 1 atom stereocenters. The van der Waals surface area contributed by atoms with Gasteiger partial charge < -0.3 is 4.90 Å². The van der Waals surface area contributed by atoms with E-state index in [2.05, 4.69) is 18.1 Å². The molecule has 3 rings (SSSR count). The molecule has 1 aromatic carbocycles. The SMILES string of the molecule is C[NH+]1CCc2nc(SCc3ccccc3F)c(C#N)cc2C1. The normalized spacial score (nSPS) is 16.9. The number of nitrogens with one attached hydrogen (secondary N) is 1. The first kappa shape index (κ1) is 15.0. The van der Waals surface area contributed by atoms with Gasteiger partial charge in [0.2, 0.25) is 0 Å². The highest BCUT2D eigenvalue weighted by atomic mass is 32.2.